The maximum absolute atomic E-state index is 15.8. The molecule has 382 valence electrons. The third kappa shape index (κ3) is 11.2. The van der Waals surface area contributed by atoms with Crippen LogP contribution in [0.3, 0.4) is 0 Å². The summed E-state index contributed by atoms with van der Waals surface area (Å²) >= 11 is 1.56. The van der Waals surface area contributed by atoms with Gasteiger partial charge in [-0.15, -0.1) is 11.3 Å². The number of hydrogen-bond acceptors (Lipinski definition) is 13. The summed E-state index contributed by atoms with van der Waals surface area (Å²) in [6.07, 6.45) is 0.799. The van der Waals surface area contributed by atoms with Crippen LogP contribution in [0.1, 0.15) is 76.8 Å². The number of aliphatic hydroxyl groups excluding tert-OH is 1. The predicted octanol–water partition coefficient (Wildman–Crippen LogP) is 7.58. The van der Waals surface area contributed by atoms with Crippen LogP contribution in [0.5, 0.6) is 5.75 Å². The fourth-order valence-corrected chi connectivity index (χ4v) is 11.1. The second-order valence-electron chi connectivity index (χ2n) is 18.0. The number of β-amino-alcohol motifs (C(OH)–C–C–N with tert-alkyl or cyclic N) is 1. The smallest absolute Gasteiger partial charge is 0.301 e. The molecule has 2 aliphatic rings. The Morgan fingerprint density at radius 2 is 1.74 bits per heavy atom. The molecule has 17 nitrogen and oxygen atoms in total. The van der Waals surface area contributed by atoms with Crippen LogP contribution in [0, 0.1) is 25.5 Å². The van der Waals surface area contributed by atoms with Crippen molar-refractivity contribution in [2.75, 3.05) is 44.2 Å². The highest BCUT2D eigenvalue weighted by atomic mass is 32.2. The summed E-state index contributed by atoms with van der Waals surface area (Å²) in [5.74, 6) is -4.49. The van der Waals surface area contributed by atoms with Gasteiger partial charge in [-0.25, -0.2) is 23.1 Å². The first-order chi connectivity index (χ1) is 35.0. The lowest BCUT2D eigenvalue weighted by molar-refractivity contribution is -0.140. The highest BCUT2D eigenvalue weighted by molar-refractivity contribution is 7.90. The van der Waals surface area contributed by atoms with Gasteiger partial charge in [-0.1, -0.05) is 41.6 Å². The predicted molar refractivity (Wildman–Crippen MR) is 265 cm³/mol. The Balaban J connectivity index is 0.788. The van der Waals surface area contributed by atoms with Crippen LogP contribution in [0.15, 0.2) is 95.2 Å². The molecule has 0 bridgehead atoms. The van der Waals surface area contributed by atoms with Gasteiger partial charge in [0, 0.05) is 67.6 Å². The molecule has 2 aliphatic heterocycles. The molecule has 5 atom stereocenters. The first-order valence-corrected chi connectivity index (χ1v) is 25.8. The van der Waals surface area contributed by atoms with Gasteiger partial charge in [0.1, 0.15) is 47.7 Å². The second-order valence-corrected chi connectivity index (χ2v) is 20.5. The van der Waals surface area contributed by atoms with E-state index < -0.39 is 75.6 Å². The van der Waals surface area contributed by atoms with E-state index in [1.54, 1.807) is 66.4 Å². The van der Waals surface area contributed by atoms with E-state index in [1.807, 2.05) is 42.8 Å². The van der Waals surface area contributed by atoms with E-state index >= 15 is 8.78 Å². The number of likely N-dealkylation sites (tertiary alicyclic amines) is 1. The Morgan fingerprint density at radius 1 is 0.973 bits per heavy atom. The zero-order chi connectivity index (χ0) is 51.6. The quantitative estimate of drug-likeness (QED) is 0.0455. The van der Waals surface area contributed by atoms with E-state index in [4.69, 9.17) is 14.0 Å². The average molecular weight is 1040 g/mol. The third-order valence-electron chi connectivity index (χ3n) is 12.9. The molecule has 0 saturated carbocycles. The minimum Gasteiger partial charge on any atom is -0.491 e. The number of fused-ring (bicyclic) bond motifs is 1. The Hall–Kier alpha value is -6.98. The fraction of sp³-hybridized carbons (Fsp3) is 0.333. The highest BCUT2D eigenvalue weighted by Crippen LogP contribution is 2.33. The van der Waals surface area contributed by atoms with Gasteiger partial charge in [0.25, 0.3) is 0 Å². The Kier molecular flexibility index (Phi) is 15.1. The zero-order valence-corrected chi connectivity index (χ0v) is 41.4. The molecule has 2 unspecified atom stereocenters. The molecule has 3 aromatic carbocycles. The number of anilines is 1. The van der Waals surface area contributed by atoms with Gasteiger partial charge >= 0.3 is 10.2 Å². The van der Waals surface area contributed by atoms with Crippen LogP contribution in [0.2, 0.25) is 0 Å². The number of nitrogens with zero attached hydrogens (tertiary/aromatic N) is 5. The maximum Gasteiger partial charge on any atom is 0.301 e. The summed E-state index contributed by atoms with van der Waals surface area (Å²) in [7, 11) is -4.39. The number of ether oxygens (including phenoxy) is 2. The normalized spacial score (nSPS) is 18.0. The molecular formula is C51H51F3N8O9S2. The number of pyridine rings is 1. The lowest BCUT2D eigenvalue weighted by atomic mass is 9.99. The van der Waals surface area contributed by atoms with Crippen molar-refractivity contribution in [3.8, 4) is 27.3 Å². The number of thiazole rings is 1. The summed E-state index contributed by atoms with van der Waals surface area (Å²) in [4.78, 5) is 55.8. The monoisotopic (exact) mass is 1040 g/mol. The Labute approximate surface area is 421 Å². The van der Waals surface area contributed by atoms with Crippen molar-refractivity contribution in [1.82, 2.24) is 34.6 Å². The number of rotatable bonds is 19. The molecule has 7 aromatic rings. The number of aliphatic hydroxyl groups is 1. The van der Waals surface area contributed by atoms with Crippen LogP contribution in [0.4, 0.5) is 18.9 Å². The van der Waals surface area contributed by atoms with Crippen LogP contribution in [-0.4, -0.2) is 118 Å². The molecule has 6 heterocycles. The summed E-state index contributed by atoms with van der Waals surface area (Å²) in [5.41, 5.74) is 4.98. The molecule has 73 heavy (non-hydrogen) atoms. The summed E-state index contributed by atoms with van der Waals surface area (Å²) in [5, 5.41) is 18.0. The lowest BCUT2D eigenvalue weighted by Crippen LogP contribution is -2.48. The molecule has 4 N–H and O–H groups in total. The van der Waals surface area contributed by atoms with Gasteiger partial charge in [0.2, 0.25) is 17.6 Å². The number of alkyl halides is 1. The number of hydrogen-bond donors (Lipinski definition) is 4. The van der Waals surface area contributed by atoms with Gasteiger partial charge in [-0.3, -0.25) is 19.1 Å². The number of aryl methyl sites for hydroxylation is 2. The van der Waals surface area contributed by atoms with Crippen molar-refractivity contribution in [1.29, 1.82) is 0 Å². The number of carbonyl (C=O) groups is 3. The number of benzene rings is 3. The molecule has 2 saturated heterocycles. The highest BCUT2D eigenvalue weighted by Gasteiger charge is 2.43. The summed E-state index contributed by atoms with van der Waals surface area (Å²) in [6.45, 7) is 5.44. The first-order valence-electron chi connectivity index (χ1n) is 23.5. The number of nitrogens with one attached hydrogen (secondary N) is 3. The minimum atomic E-state index is -4.39. The van der Waals surface area contributed by atoms with Crippen molar-refractivity contribution in [2.45, 2.75) is 70.3 Å². The number of carbonyl (C=O) groups excluding carboxylic acids is 3. The van der Waals surface area contributed by atoms with Crippen molar-refractivity contribution < 1.29 is 55.1 Å². The molecule has 0 spiro atoms. The topological polar surface area (TPSA) is 222 Å². The van der Waals surface area contributed by atoms with E-state index in [9.17, 15) is 32.3 Å². The molecule has 0 radical (unpaired) electrons. The van der Waals surface area contributed by atoms with Gasteiger partial charge in [-0.2, -0.15) is 12.7 Å². The number of aromatic nitrogens is 4. The van der Waals surface area contributed by atoms with Crippen molar-refractivity contribution >= 4 is 55.9 Å². The van der Waals surface area contributed by atoms with E-state index in [2.05, 4.69) is 25.4 Å². The van der Waals surface area contributed by atoms with Crippen molar-refractivity contribution in [3.63, 3.8) is 0 Å². The van der Waals surface area contributed by atoms with Crippen LogP contribution < -0.4 is 14.8 Å². The fourth-order valence-electron chi connectivity index (χ4n) is 9.03. The van der Waals surface area contributed by atoms with Crippen molar-refractivity contribution in [3.05, 3.63) is 136 Å². The summed E-state index contributed by atoms with van der Waals surface area (Å²) in [6, 6.07) is 18.5. The van der Waals surface area contributed by atoms with Crippen LogP contribution in [0.25, 0.3) is 32.6 Å². The van der Waals surface area contributed by atoms with Gasteiger partial charge in [0.15, 0.2) is 5.82 Å². The standard InChI is InChI=1S/C51H51F3N8O9S2/c1-28-20-44(71-59-28)38(51(66)62-26-36(63)22-43(62)50(65)58-29(2)31-4-6-33(7-5-31)48-30(3)57-27-72-48)15-17-69-18-19-70-37-10-8-32(9-11-37)34-21-39-40(24-56-49(39)55-23-34)47(64)45-41(53)12-13-42(46(45)54)60-73(67,68)61-16-14-35(52)25-61/h4-13,20-21,23-24,27,29,35-36,38,43,60,63H,14-19,22,25-26H2,1-3H3,(H,55,56)(H,58,65)/t29?,35-,36-,38?,43+/m1/s1. The van der Waals surface area contributed by atoms with Crippen molar-refractivity contribution in [2.24, 2.45) is 0 Å². The number of H-pyrrole nitrogens is 1. The first kappa shape index (κ1) is 50.9. The number of ketones is 1. The minimum absolute atomic E-state index is 0.0191. The molecule has 2 fully saturated rings. The van der Waals surface area contributed by atoms with E-state index in [-0.39, 0.29) is 80.7 Å². The average Bonchev–Trinajstić information content (AvgIpc) is 4.25. The van der Waals surface area contributed by atoms with Gasteiger partial charge in [-0.05, 0) is 80.6 Å². The van der Waals surface area contributed by atoms with E-state index in [1.165, 1.54) is 11.1 Å². The van der Waals surface area contributed by atoms with E-state index in [0.29, 0.717) is 28.3 Å². The summed E-state index contributed by atoms with van der Waals surface area (Å²) < 4.78 is 90.5. The Bertz CT molecular complexity index is 3260. The SMILES string of the molecule is Cc1cc(C(CCOCCOc2ccc(-c3cnc4[nH]cc(C(=O)c5c(F)ccc(NS(=O)(=O)N6CC[C@@H](F)C6)c5F)c4c3)cc2)C(=O)N2C[C@H](O)C[C@H]2C(=O)NC(C)c2ccc(-c3scnc3C)cc2)on1. The van der Waals surface area contributed by atoms with Crippen LogP contribution >= 0.6 is 11.3 Å². The van der Waals surface area contributed by atoms with Gasteiger partial charge in [0.05, 0.1) is 51.8 Å². The second kappa shape index (κ2) is 21.6. The largest absolute Gasteiger partial charge is 0.491 e. The molecule has 0 aliphatic carbocycles. The number of aromatic amines is 1. The molecule has 9 rings (SSSR count). The molecule has 4 aromatic heterocycles. The Morgan fingerprint density at radius 3 is 2.44 bits per heavy atom. The molecular weight excluding hydrogens is 990 g/mol. The zero-order valence-electron chi connectivity index (χ0n) is 39.8. The number of amides is 2. The van der Waals surface area contributed by atoms with E-state index in [0.717, 1.165) is 38.1 Å². The molecule has 22 heteroatoms. The third-order valence-corrected chi connectivity index (χ3v) is 15.4. The van der Waals surface area contributed by atoms with Gasteiger partial charge < -0.3 is 34.3 Å². The lowest BCUT2D eigenvalue weighted by Gasteiger charge is -2.28. The molecule has 2 amide bonds. The van der Waals surface area contributed by atoms with Crippen LogP contribution in [-0.2, 0) is 24.5 Å². The number of halogens is 3. The maximum atomic E-state index is 15.8.